The highest BCUT2D eigenvalue weighted by Gasteiger charge is 2.56. The van der Waals surface area contributed by atoms with Gasteiger partial charge in [-0.15, -0.1) is 0 Å². The Hall–Kier alpha value is -5.40. The van der Waals surface area contributed by atoms with Gasteiger partial charge in [-0.05, 0) is 111 Å². The van der Waals surface area contributed by atoms with Crippen LogP contribution in [0.5, 0.6) is 0 Å². The lowest BCUT2D eigenvalue weighted by Crippen LogP contribution is -2.32. The fourth-order valence-electron chi connectivity index (χ4n) is 9.74. The maximum absolute atomic E-state index is 2.57. The Morgan fingerprint density at radius 1 is 0.479 bits per heavy atom. The number of para-hydroxylation sites is 1. The predicted octanol–water partition coefficient (Wildman–Crippen LogP) is 12.7. The summed E-state index contributed by atoms with van der Waals surface area (Å²) >= 11 is 0. The van der Waals surface area contributed by atoms with Crippen molar-refractivity contribution in [1.82, 2.24) is 0 Å². The molecule has 0 amide bonds. The molecule has 0 radical (unpaired) electrons. The van der Waals surface area contributed by atoms with Gasteiger partial charge in [0.25, 0.3) is 0 Å². The molecule has 3 unspecified atom stereocenters. The second kappa shape index (κ2) is 10.8. The van der Waals surface area contributed by atoms with E-state index in [1.807, 2.05) is 0 Å². The third-order valence-corrected chi connectivity index (χ3v) is 11.7. The van der Waals surface area contributed by atoms with E-state index in [2.05, 4.69) is 169 Å². The topological polar surface area (TPSA) is 3.24 Å². The maximum atomic E-state index is 2.57. The van der Waals surface area contributed by atoms with E-state index >= 15 is 0 Å². The van der Waals surface area contributed by atoms with Crippen molar-refractivity contribution in [3.63, 3.8) is 0 Å². The van der Waals surface area contributed by atoms with Crippen molar-refractivity contribution in [2.45, 2.75) is 31.1 Å². The van der Waals surface area contributed by atoms with Crippen LogP contribution in [-0.2, 0) is 5.41 Å². The van der Waals surface area contributed by atoms with Gasteiger partial charge >= 0.3 is 0 Å². The lowest BCUT2D eigenvalue weighted by molar-refractivity contribution is 0.327. The van der Waals surface area contributed by atoms with E-state index in [0.717, 1.165) is 11.8 Å². The average Bonchev–Trinajstić information content (AvgIpc) is 3.85. The van der Waals surface area contributed by atoms with Crippen LogP contribution in [0.2, 0.25) is 0 Å². The van der Waals surface area contributed by atoms with Crippen molar-refractivity contribution in [2.75, 3.05) is 4.90 Å². The van der Waals surface area contributed by atoms with Gasteiger partial charge in [-0.25, -0.2) is 0 Å². The van der Waals surface area contributed by atoms with E-state index in [-0.39, 0.29) is 5.41 Å². The second-order valence-electron chi connectivity index (χ2n) is 14.1. The van der Waals surface area contributed by atoms with Crippen LogP contribution in [0.15, 0.2) is 164 Å². The normalized spacial score (nSPS) is 20.2. The van der Waals surface area contributed by atoms with E-state index in [9.17, 15) is 0 Å². The van der Waals surface area contributed by atoms with Crippen LogP contribution in [0.4, 0.5) is 17.1 Å². The van der Waals surface area contributed by atoms with Crippen LogP contribution in [0.3, 0.4) is 0 Å². The van der Waals surface area contributed by atoms with Crippen molar-refractivity contribution < 1.29 is 0 Å². The summed E-state index contributed by atoms with van der Waals surface area (Å²) < 4.78 is 0. The molecule has 0 aromatic heterocycles. The SMILES string of the molecule is c1ccc(-c2ccccc2N(c2ccc(-c3cccc4ccccc34)cc2)c2ccc3c(c2)C2(CC4CCC2C4)c2ccccc2-3)cc1. The van der Waals surface area contributed by atoms with Crippen molar-refractivity contribution >= 4 is 27.8 Å². The molecule has 0 N–H and O–H groups in total. The average molecular weight is 616 g/mol. The minimum Gasteiger partial charge on any atom is -0.310 e. The summed E-state index contributed by atoms with van der Waals surface area (Å²) in [4.78, 5) is 2.50. The maximum Gasteiger partial charge on any atom is 0.0540 e. The third-order valence-electron chi connectivity index (χ3n) is 11.7. The second-order valence-corrected chi connectivity index (χ2v) is 14.1. The van der Waals surface area contributed by atoms with Gasteiger partial charge in [0.1, 0.15) is 0 Å². The van der Waals surface area contributed by atoms with Gasteiger partial charge in [-0.2, -0.15) is 0 Å². The Labute approximate surface area is 283 Å². The Morgan fingerprint density at radius 2 is 1.15 bits per heavy atom. The number of nitrogens with zero attached hydrogens (tertiary/aromatic N) is 1. The molecule has 3 aliphatic carbocycles. The highest BCUT2D eigenvalue weighted by Crippen LogP contribution is 2.66. The number of hydrogen-bond acceptors (Lipinski definition) is 1. The first-order valence-electron chi connectivity index (χ1n) is 17.6. The summed E-state index contributed by atoms with van der Waals surface area (Å²) in [6.45, 7) is 0. The van der Waals surface area contributed by atoms with Crippen LogP contribution in [0, 0.1) is 11.8 Å². The molecular weight excluding hydrogens is 579 g/mol. The van der Waals surface area contributed by atoms with E-state index in [4.69, 9.17) is 0 Å². The molecule has 3 aliphatic rings. The minimum atomic E-state index is 0.133. The van der Waals surface area contributed by atoms with E-state index in [0.29, 0.717) is 0 Å². The van der Waals surface area contributed by atoms with Gasteiger partial charge < -0.3 is 4.90 Å². The molecule has 2 fully saturated rings. The molecule has 1 spiro atoms. The molecule has 1 heteroatoms. The van der Waals surface area contributed by atoms with Gasteiger partial charge in [0.05, 0.1) is 5.69 Å². The number of rotatable bonds is 5. The standard InChI is InChI=1S/C47H37N/c1-2-11-34(12-3-1)41-16-7-9-20-46(41)48(37-25-22-35(23-26-37)40-18-10-14-33-13-4-5-15-39(33)40)38-27-28-43-42-17-6-8-19-44(42)47(45(43)30-38)31-32-21-24-36(47)29-32/h1-20,22-23,25-28,30,32,36H,21,24,29,31H2. The lowest BCUT2D eigenvalue weighted by atomic mass is 9.67. The molecule has 7 aromatic rings. The summed E-state index contributed by atoms with van der Waals surface area (Å²) in [7, 11) is 0. The molecule has 0 saturated heterocycles. The highest BCUT2D eigenvalue weighted by molar-refractivity contribution is 5.97. The molecule has 0 heterocycles. The molecule has 1 nitrogen and oxygen atoms in total. The Balaban J connectivity index is 1.16. The number of hydrogen-bond donors (Lipinski definition) is 0. The Morgan fingerprint density at radius 3 is 1.98 bits per heavy atom. The molecular formula is C47H37N. The van der Waals surface area contributed by atoms with Gasteiger partial charge in [-0.3, -0.25) is 0 Å². The van der Waals surface area contributed by atoms with Crippen molar-refractivity contribution in [3.05, 3.63) is 175 Å². The van der Waals surface area contributed by atoms with Gasteiger partial charge in [0, 0.05) is 22.4 Å². The quantitative estimate of drug-likeness (QED) is 0.186. The summed E-state index contributed by atoms with van der Waals surface area (Å²) in [6.07, 6.45) is 5.39. The van der Waals surface area contributed by atoms with Crippen LogP contribution >= 0.6 is 0 Å². The van der Waals surface area contributed by atoms with Crippen LogP contribution in [-0.4, -0.2) is 0 Å². The van der Waals surface area contributed by atoms with Gasteiger partial charge in [0.15, 0.2) is 0 Å². The first-order chi connectivity index (χ1) is 23.8. The number of anilines is 3. The first-order valence-corrected chi connectivity index (χ1v) is 17.6. The van der Waals surface area contributed by atoms with E-state index < -0.39 is 0 Å². The minimum absolute atomic E-state index is 0.133. The summed E-state index contributed by atoms with van der Waals surface area (Å²) in [6, 6.07) is 60.9. The largest absolute Gasteiger partial charge is 0.310 e. The molecule has 0 aliphatic heterocycles. The summed E-state index contributed by atoms with van der Waals surface area (Å²) in [5.41, 5.74) is 14.7. The predicted molar refractivity (Wildman–Crippen MR) is 201 cm³/mol. The molecule has 2 saturated carbocycles. The molecule has 48 heavy (non-hydrogen) atoms. The van der Waals surface area contributed by atoms with Crippen LogP contribution in [0.1, 0.15) is 36.8 Å². The summed E-state index contributed by atoms with van der Waals surface area (Å²) in [5, 5.41) is 2.56. The first kappa shape index (κ1) is 27.7. The van der Waals surface area contributed by atoms with Crippen LogP contribution in [0.25, 0.3) is 44.2 Å². The smallest absolute Gasteiger partial charge is 0.0540 e. The highest BCUT2D eigenvalue weighted by atomic mass is 15.1. The van der Waals surface area contributed by atoms with Gasteiger partial charge in [-0.1, -0.05) is 140 Å². The van der Waals surface area contributed by atoms with E-state index in [1.54, 1.807) is 11.1 Å². The molecule has 230 valence electrons. The Kier molecular flexibility index (Phi) is 6.24. The summed E-state index contributed by atoms with van der Waals surface area (Å²) in [5.74, 6) is 1.57. The van der Waals surface area contributed by atoms with E-state index in [1.165, 1.54) is 86.9 Å². The van der Waals surface area contributed by atoms with Crippen LogP contribution < -0.4 is 4.90 Å². The third kappa shape index (κ3) is 4.10. The van der Waals surface area contributed by atoms with Crippen molar-refractivity contribution in [3.8, 4) is 33.4 Å². The van der Waals surface area contributed by atoms with Crippen molar-refractivity contribution in [1.29, 1.82) is 0 Å². The molecule has 2 bridgehead atoms. The fourth-order valence-corrected chi connectivity index (χ4v) is 9.74. The fraction of sp³-hybridized carbons (Fsp3) is 0.149. The molecule has 7 aromatic carbocycles. The number of fused-ring (bicyclic) bond motifs is 9. The van der Waals surface area contributed by atoms with Crippen molar-refractivity contribution in [2.24, 2.45) is 11.8 Å². The van der Waals surface area contributed by atoms with Gasteiger partial charge in [0.2, 0.25) is 0 Å². The molecule has 10 rings (SSSR count). The Bertz CT molecular complexity index is 2310. The zero-order valence-electron chi connectivity index (χ0n) is 27.0. The molecule has 3 atom stereocenters. The monoisotopic (exact) mass is 615 g/mol. The lowest BCUT2D eigenvalue weighted by Gasteiger charge is -2.37. The zero-order chi connectivity index (χ0) is 31.7. The zero-order valence-corrected chi connectivity index (χ0v) is 27.0. The number of benzene rings is 7.